The molecule has 0 spiro atoms. The molecule has 2 heterocycles. The number of esters is 1. The summed E-state index contributed by atoms with van der Waals surface area (Å²) in [5.41, 5.74) is -2.25. The van der Waals surface area contributed by atoms with E-state index >= 15 is 0 Å². The second-order valence-electron chi connectivity index (χ2n) is 16.8. The number of amides is 5. The normalized spacial score (nSPS) is 21.4. The van der Waals surface area contributed by atoms with Gasteiger partial charge in [-0.25, -0.2) is 4.79 Å². The van der Waals surface area contributed by atoms with E-state index < -0.39 is 76.7 Å². The number of likely N-dealkylation sites (tertiary alicyclic amines) is 1. The smallest absolute Gasteiger partial charge is 0.408 e. The summed E-state index contributed by atoms with van der Waals surface area (Å²) in [5.74, 6) is -3.94. The van der Waals surface area contributed by atoms with Crippen molar-refractivity contribution in [3.63, 3.8) is 0 Å². The highest BCUT2D eigenvalue weighted by molar-refractivity contribution is 6.38. The third-order valence-electron chi connectivity index (χ3n) is 8.65. The highest BCUT2D eigenvalue weighted by Gasteiger charge is 2.42. The van der Waals surface area contributed by atoms with Gasteiger partial charge in [-0.1, -0.05) is 39.2 Å². The van der Waals surface area contributed by atoms with Crippen molar-refractivity contribution < 1.29 is 48.1 Å². The molecule has 16 heteroatoms. The van der Waals surface area contributed by atoms with Crippen LogP contribution in [0.25, 0.3) is 0 Å². The van der Waals surface area contributed by atoms with Crippen LogP contribution in [0.4, 0.5) is 4.79 Å². The predicted molar refractivity (Wildman–Crippen MR) is 200 cm³/mol. The molecule has 0 aromatic carbocycles. The lowest BCUT2D eigenvalue weighted by Crippen LogP contribution is -2.58. The molecule has 54 heavy (non-hydrogen) atoms. The molecule has 2 saturated heterocycles. The number of nitrogens with zero attached hydrogens (tertiary/aromatic N) is 1. The van der Waals surface area contributed by atoms with Crippen molar-refractivity contribution >= 4 is 41.5 Å². The number of ketones is 1. The van der Waals surface area contributed by atoms with Crippen molar-refractivity contribution in [3.05, 3.63) is 12.3 Å². The minimum atomic E-state index is -1.18. The number of ether oxygens (including phenoxy) is 2. The summed E-state index contributed by atoms with van der Waals surface area (Å²) in [6.07, 6.45) is 5.09. The van der Waals surface area contributed by atoms with E-state index in [0.717, 1.165) is 32.1 Å². The van der Waals surface area contributed by atoms with Crippen molar-refractivity contribution in [2.24, 2.45) is 5.92 Å². The molecule has 0 aromatic rings. The molecule has 0 aromatic heterocycles. The second-order valence-corrected chi connectivity index (χ2v) is 16.8. The summed E-state index contributed by atoms with van der Waals surface area (Å²) in [6, 6.07) is -3.86. The molecule has 6 N–H and O–H groups in total. The van der Waals surface area contributed by atoms with Crippen molar-refractivity contribution in [2.75, 3.05) is 13.1 Å². The summed E-state index contributed by atoms with van der Waals surface area (Å²) < 4.78 is 10.6. The van der Waals surface area contributed by atoms with Crippen molar-refractivity contribution in [2.45, 2.75) is 168 Å². The quantitative estimate of drug-likeness (QED) is 0.118. The number of hydrogen-bond acceptors (Lipinski definition) is 11. The van der Waals surface area contributed by atoms with Crippen LogP contribution in [0.2, 0.25) is 0 Å². The number of aliphatic hydroxyl groups is 1. The Morgan fingerprint density at radius 2 is 1.61 bits per heavy atom. The lowest BCUT2D eigenvalue weighted by Gasteiger charge is -2.35. The molecule has 306 valence electrons. The van der Waals surface area contributed by atoms with E-state index in [9.17, 15) is 33.6 Å². The van der Waals surface area contributed by atoms with Crippen molar-refractivity contribution in [1.82, 2.24) is 31.5 Å². The van der Waals surface area contributed by atoms with E-state index in [4.69, 9.17) is 14.6 Å². The molecule has 2 aliphatic heterocycles. The molecule has 5 amide bonds. The van der Waals surface area contributed by atoms with Gasteiger partial charge in [0.25, 0.3) is 5.91 Å². The average molecular weight is 765 g/mol. The maximum Gasteiger partial charge on any atom is 0.408 e. The summed E-state index contributed by atoms with van der Waals surface area (Å²) in [4.78, 5) is 92.5. The molecule has 3 aliphatic rings. The molecule has 1 saturated carbocycles. The summed E-state index contributed by atoms with van der Waals surface area (Å²) >= 11 is 0. The SMILES string of the molecule is C=C(CNC(=O)C(=O)C(CCC)NC(=O)C1CCCN1C(=O)C(NC(=O)OC(C)(C)C)C1CCCCC1)NC1CC(=O)OC(C)(C)NC1=O.CC(C)(C)O. The number of carbonyl (C=O) groups excluding carboxylic acids is 7. The predicted octanol–water partition coefficient (Wildman–Crippen LogP) is 2.47. The van der Waals surface area contributed by atoms with Crippen LogP contribution in [0.15, 0.2) is 12.3 Å². The van der Waals surface area contributed by atoms with Crippen LogP contribution < -0.4 is 26.6 Å². The Kier molecular flexibility index (Phi) is 17.0. The maximum atomic E-state index is 14.0. The highest BCUT2D eigenvalue weighted by atomic mass is 16.6. The van der Waals surface area contributed by atoms with Crippen molar-refractivity contribution in [1.29, 1.82) is 0 Å². The van der Waals surface area contributed by atoms with E-state index in [1.807, 2.05) is 6.92 Å². The van der Waals surface area contributed by atoms with Gasteiger partial charge in [-0.15, -0.1) is 0 Å². The first kappa shape index (κ1) is 45.9. The summed E-state index contributed by atoms with van der Waals surface area (Å²) in [6.45, 7) is 19.2. The number of cyclic esters (lactones) is 1. The number of nitrogens with one attached hydrogen (secondary N) is 5. The Morgan fingerprint density at radius 1 is 1.00 bits per heavy atom. The number of carbonyl (C=O) groups is 7. The molecule has 0 bridgehead atoms. The van der Waals surface area contributed by atoms with Crippen LogP contribution in [0.3, 0.4) is 0 Å². The van der Waals surface area contributed by atoms with Gasteiger partial charge < -0.3 is 46.1 Å². The molecule has 4 atom stereocenters. The number of rotatable bonds is 13. The first-order valence-corrected chi connectivity index (χ1v) is 19.0. The maximum absolute atomic E-state index is 14.0. The molecule has 3 rings (SSSR count). The van der Waals surface area contributed by atoms with Gasteiger partial charge in [-0.3, -0.25) is 28.8 Å². The van der Waals surface area contributed by atoms with Gasteiger partial charge in [-0.2, -0.15) is 0 Å². The summed E-state index contributed by atoms with van der Waals surface area (Å²) in [7, 11) is 0. The zero-order chi connectivity index (χ0) is 41.0. The summed E-state index contributed by atoms with van der Waals surface area (Å²) in [5, 5.41) is 21.8. The Balaban J connectivity index is 0.00000188. The molecule has 3 fully saturated rings. The Bertz CT molecular complexity index is 1370. The van der Waals surface area contributed by atoms with Gasteiger partial charge in [-0.05, 0) is 93.4 Å². The molecule has 0 radical (unpaired) electrons. The fraction of sp³-hybridized carbons (Fsp3) is 0.763. The molecule has 16 nitrogen and oxygen atoms in total. The first-order chi connectivity index (χ1) is 24.9. The van der Waals surface area contributed by atoms with Crippen LogP contribution in [-0.4, -0.2) is 106 Å². The van der Waals surface area contributed by atoms with Gasteiger partial charge >= 0.3 is 12.1 Å². The van der Waals surface area contributed by atoms with Gasteiger partial charge in [0.2, 0.25) is 23.5 Å². The Morgan fingerprint density at radius 3 is 2.19 bits per heavy atom. The van der Waals surface area contributed by atoms with Gasteiger partial charge in [0, 0.05) is 12.2 Å². The van der Waals surface area contributed by atoms with E-state index in [-0.39, 0.29) is 36.9 Å². The van der Waals surface area contributed by atoms with Crippen LogP contribution in [0, 0.1) is 5.92 Å². The van der Waals surface area contributed by atoms with E-state index in [2.05, 4.69) is 33.2 Å². The topological polar surface area (TPSA) is 222 Å². The fourth-order valence-electron chi connectivity index (χ4n) is 6.43. The number of hydrogen-bond donors (Lipinski definition) is 6. The minimum absolute atomic E-state index is 0.0990. The highest BCUT2D eigenvalue weighted by Crippen LogP contribution is 2.30. The number of alkyl carbamates (subject to hydrolysis) is 1. The van der Waals surface area contributed by atoms with Crippen LogP contribution >= 0.6 is 0 Å². The zero-order valence-corrected chi connectivity index (χ0v) is 33.6. The lowest BCUT2D eigenvalue weighted by molar-refractivity contribution is -0.157. The molecule has 1 aliphatic carbocycles. The first-order valence-electron chi connectivity index (χ1n) is 19.0. The largest absolute Gasteiger partial charge is 0.444 e. The minimum Gasteiger partial charge on any atom is -0.444 e. The third kappa shape index (κ3) is 16.0. The zero-order valence-electron chi connectivity index (χ0n) is 33.6. The van der Waals surface area contributed by atoms with Crippen molar-refractivity contribution in [3.8, 4) is 0 Å². The Hall–Kier alpha value is -4.21. The van der Waals surface area contributed by atoms with Crippen LogP contribution in [-0.2, 0) is 38.2 Å². The van der Waals surface area contributed by atoms with Crippen LogP contribution in [0.5, 0.6) is 0 Å². The molecular weight excluding hydrogens is 700 g/mol. The van der Waals surface area contributed by atoms with Gasteiger partial charge in [0.15, 0.2) is 5.72 Å². The van der Waals surface area contributed by atoms with Gasteiger partial charge in [0.1, 0.15) is 23.7 Å². The fourth-order valence-corrected chi connectivity index (χ4v) is 6.43. The molecular formula is C38H64N6O10. The van der Waals surface area contributed by atoms with E-state index in [1.54, 1.807) is 41.5 Å². The van der Waals surface area contributed by atoms with Crippen LogP contribution in [0.1, 0.15) is 127 Å². The monoisotopic (exact) mass is 764 g/mol. The van der Waals surface area contributed by atoms with Gasteiger partial charge in [0.05, 0.1) is 24.6 Å². The Labute approximate surface area is 319 Å². The second kappa shape index (κ2) is 19.9. The lowest BCUT2D eigenvalue weighted by atomic mass is 9.83. The molecule has 4 unspecified atom stereocenters. The van der Waals surface area contributed by atoms with E-state index in [0.29, 0.717) is 25.8 Å². The third-order valence-corrected chi connectivity index (χ3v) is 8.65. The average Bonchev–Trinajstić information content (AvgIpc) is 3.50. The number of Topliss-reactive ketones (excluding diaryl/α,β-unsaturated/α-hetero) is 1. The standard InChI is InChI=1S/C34H54N6O9.C4H10O/c1-8-13-22(27(42)30(45)35-19-20(2)36-23-18-25(41)48-34(6,7)39-28(23)43)37-29(44)24-16-12-17-40(24)31(46)26(21-14-10-9-11-15-21)38-32(47)49-33(3,4)5;1-4(2,3)5/h21-24,26,36H,2,8-19H2,1,3-7H3,(H,35,45)(H,37,44)(H,38,47)(H,39,43);5H,1-3H3. The van der Waals surface area contributed by atoms with E-state index in [1.165, 1.54) is 18.7 Å².